The standard InChI is InChI=1S/C18H16F2N2O2/c1-11(23)13-3-2-12-4-6-22(7-5-14(12)8-13)18(24)17-16(20)9-15(19)10-21-17/h2-3,8-10H,4-7H2,1H3. The van der Waals surface area contributed by atoms with Crippen molar-refractivity contribution in [2.75, 3.05) is 13.1 Å². The number of carbonyl (C=O) groups excluding carboxylic acids is 2. The summed E-state index contributed by atoms with van der Waals surface area (Å²) < 4.78 is 26.7. The zero-order valence-corrected chi connectivity index (χ0v) is 13.2. The lowest BCUT2D eigenvalue weighted by Gasteiger charge is -2.19. The highest BCUT2D eigenvalue weighted by Crippen LogP contribution is 2.20. The maximum atomic E-state index is 13.8. The van der Waals surface area contributed by atoms with Gasteiger partial charge in [0.25, 0.3) is 5.91 Å². The molecule has 0 spiro atoms. The van der Waals surface area contributed by atoms with Crippen LogP contribution in [0.3, 0.4) is 0 Å². The van der Waals surface area contributed by atoms with E-state index in [9.17, 15) is 18.4 Å². The minimum atomic E-state index is -0.958. The second kappa shape index (κ2) is 6.47. The Morgan fingerprint density at radius 3 is 2.46 bits per heavy atom. The van der Waals surface area contributed by atoms with Crippen LogP contribution in [0, 0.1) is 11.6 Å². The highest BCUT2D eigenvalue weighted by molar-refractivity contribution is 5.94. The molecule has 0 N–H and O–H groups in total. The van der Waals surface area contributed by atoms with Gasteiger partial charge in [-0.3, -0.25) is 9.59 Å². The molecule has 0 unspecified atom stereocenters. The summed E-state index contributed by atoms with van der Waals surface area (Å²) in [6, 6.07) is 6.19. The Bertz CT molecular complexity index is 821. The topological polar surface area (TPSA) is 50.3 Å². The van der Waals surface area contributed by atoms with Crippen molar-refractivity contribution in [2.45, 2.75) is 19.8 Å². The molecule has 1 aliphatic heterocycles. The molecular formula is C18H16F2N2O2. The SMILES string of the molecule is CC(=O)c1ccc2c(c1)CCN(C(=O)c1ncc(F)cc1F)CC2. The van der Waals surface area contributed by atoms with Crippen molar-refractivity contribution in [3.63, 3.8) is 0 Å². The first-order chi connectivity index (χ1) is 11.5. The van der Waals surface area contributed by atoms with E-state index in [1.165, 1.54) is 11.8 Å². The summed E-state index contributed by atoms with van der Waals surface area (Å²) >= 11 is 0. The zero-order chi connectivity index (χ0) is 17.3. The quantitative estimate of drug-likeness (QED) is 0.796. The van der Waals surface area contributed by atoms with Gasteiger partial charge in [0.15, 0.2) is 17.3 Å². The fourth-order valence-corrected chi connectivity index (χ4v) is 2.87. The molecule has 0 saturated carbocycles. The molecule has 1 aliphatic rings. The van der Waals surface area contributed by atoms with Crippen LogP contribution in [0.15, 0.2) is 30.5 Å². The molecule has 0 aliphatic carbocycles. The van der Waals surface area contributed by atoms with Crippen LogP contribution in [0.5, 0.6) is 0 Å². The van der Waals surface area contributed by atoms with E-state index in [1.54, 1.807) is 6.07 Å². The smallest absolute Gasteiger partial charge is 0.275 e. The van der Waals surface area contributed by atoms with E-state index in [0.717, 1.165) is 17.3 Å². The number of fused-ring (bicyclic) bond motifs is 1. The van der Waals surface area contributed by atoms with E-state index in [0.29, 0.717) is 37.6 Å². The fourth-order valence-electron chi connectivity index (χ4n) is 2.87. The van der Waals surface area contributed by atoms with Crippen LogP contribution >= 0.6 is 0 Å². The monoisotopic (exact) mass is 330 g/mol. The number of rotatable bonds is 2. The minimum Gasteiger partial charge on any atom is -0.337 e. The van der Waals surface area contributed by atoms with Crippen molar-refractivity contribution in [3.05, 3.63) is 64.5 Å². The summed E-state index contributed by atoms with van der Waals surface area (Å²) in [5.41, 5.74) is 2.36. The molecule has 2 heterocycles. The molecule has 1 aromatic carbocycles. The molecule has 0 saturated heterocycles. The van der Waals surface area contributed by atoms with Crippen LogP contribution < -0.4 is 0 Å². The lowest BCUT2D eigenvalue weighted by atomic mass is 9.99. The van der Waals surface area contributed by atoms with Gasteiger partial charge in [0.2, 0.25) is 0 Å². The fraction of sp³-hybridized carbons (Fsp3) is 0.278. The predicted molar refractivity (Wildman–Crippen MR) is 83.9 cm³/mol. The highest BCUT2D eigenvalue weighted by atomic mass is 19.1. The largest absolute Gasteiger partial charge is 0.337 e. The summed E-state index contributed by atoms with van der Waals surface area (Å²) in [5, 5.41) is 0. The molecule has 0 atom stereocenters. The number of hydrogen-bond acceptors (Lipinski definition) is 3. The number of amides is 1. The van der Waals surface area contributed by atoms with Crippen molar-refractivity contribution in [1.29, 1.82) is 0 Å². The molecule has 124 valence electrons. The van der Waals surface area contributed by atoms with E-state index in [4.69, 9.17) is 0 Å². The van der Waals surface area contributed by atoms with Crippen molar-refractivity contribution < 1.29 is 18.4 Å². The third-order valence-electron chi connectivity index (χ3n) is 4.21. The van der Waals surface area contributed by atoms with Crippen LogP contribution in [-0.2, 0) is 12.8 Å². The number of halogens is 2. The van der Waals surface area contributed by atoms with Crippen LogP contribution in [0.1, 0.15) is 38.9 Å². The van der Waals surface area contributed by atoms with Gasteiger partial charge in [-0.15, -0.1) is 0 Å². The van der Waals surface area contributed by atoms with E-state index >= 15 is 0 Å². The number of benzene rings is 1. The summed E-state index contributed by atoms with van der Waals surface area (Å²) in [6.45, 7) is 2.33. The first-order valence-corrected chi connectivity index (χ1v) is 7.69. The number of ketones is 1. The van der Waals surface area contributed by atoms with Crippen molar-refractivity contribution in [2.24, 2.45) is 0 Å². The minimum absolute atomic E-state index is 0.00689. The Morgan fingerprint density at radius 1 is 1.08 bits per heavy atom. The number of aromatic nitrogens is 1. The van der Waals surface area contributed by atoms with Gasteiger partial charge in [-0.05, 0) is 37.0 Å². The lowest BCUT2D eigenvalue weighted by Crippen LogP contribution is -2.34. The van der Waals surface area contributed by atoms with Crippen molar-refractivity contribution in [1.82, 2.24) is 9.88 Å². The molecule has 24 heavy (non-hydrogen) atoms. The third kappa shape index (κ3) is 3.18. The molecule has 0 bridgehead atoms. The summed E-state index contributed by atoms with van der Waals surface area (Å²) in [5.74, 6) is -2.33. The van der Waals surface area contributed by atoms with Gasteiger partial charge in [0, 0.05) is 24.7 Å². The first kappa shape index (κ1) is 16.2. The number of pyridine rings is 1. The van der Waals surface area contributed by atoms with Gasteiger partial charge < -0.3 is 4.90 Å². The second-order valence-corrected chi connectivity index (χ2v) is 5.82. The average molecular weight is 330 g/mol. The summed E-state index contributed by atoms with van der Waals surface area (Å²) in [6.07, 6.45) is 2.02. The molecule has 2 aromatic rings. The van der Waals surface area contributed by atoms with Crippen LogP contribution in [0.4, 0.5) is 8.78 Å². The average Bonchev–Trinajstić information content (AvgIpc) is 2.76. The Hall–Kier alpha value is -2.63. The van der Waals surface area contributed by atoms with Gasteiger partial charge in [0.05, 0.1) is 6.20 Å². The van der Waals surface area contributed by atoms with Gasteiger partial charge >= 0.3 is 0 Å². The molecule has 4 nitrogen and oxygen atoms in total. The molecule has 6 heteroatoms. The Labute approximate surface area is 138 Å². The number of Topliss-reactive ketones (excluding diaryl/α,β-unsaturated/α-hetero) is 1. The molecule has 0 fully saturated rings. The lowest BCUT2D eigenvalue weighted by molar-refractivity contribution is 0.0751. The van der Waals surface area contributed by atoms with Gasteiger partial charge in [0.1, 0.15) is 5.82 Å². The normalized spacial score (nSPS) is 14.0. The van der Waals surface area contributed by atoms with Gasteiger partial charge in [-0.25, -0.2) is 13.8 Å². The van der Waals surface area contributed by atoms with Crippen LogP contribution in [-0.4, -0.2) is 34.7 Å². The second-order valence-electron chi connectivity index (χ2n) is 5.82. The Morgan fingerprint density at radius 2 is 1.79 bits per heavy atom. The molecule has 3 rings (SSSR count). The first-order valence-electron chi connectivity index (χ1n) is 7.69. The van der Waals surface area contributed by atoms with E-state index in [1.807, 2.05) is 12.1 Å². The number of carbonyl (C=O) groups is 2. The van der Waals surface area contributed by atoms with Crippen LogP contribution in [0.2, 0.25) is 0 Å². The number of hydrogen-bond donors (Lipinski definition) is 0. The molecule has 1 aromatic heterocycles. The van der Waals surface area contributed by atoms with Gasteiger partial charge in [-0.2, -0.15) is 0 Å². The van der Waals surface area contributed by atoms with Crippen molar-refractivity contribution >= 4 is 11.7 Å². The molecular weight excluding hydrogens is 314 g/mol. The third-order valence-corrected chi connectivity index (χ3v) is 4.21. The van der Waals surface area contributed by atoms with Gasteiger partial charge in [-0.1, -0.05) is 12.1 Å². The maximum absolute atomic E-state index is 13.8. The van der Waals surface area contributed by atoms with Crippen LogP contribution in [0.25, 0.3) is 0 Å². The zero-order valence-electron chi connectivity index (χ0n) is 13.2. The van der Waals surface area contributed by atoms with E-state index in [2.05, 4.69) is 4.98 Å². The highest BCUT2D eigenvalue weighted by Gasteiger charge is 2.23. The summed E-state index contributed by atoms with van der Waals surface area (Å²) in [4.78, 5) is 29.0. The molecule has 0 radical (unpaired) electrons. The Kier molecular flexibility index (Phi) is 4.38. The van der Waals surface area contributed by atoms with E-state index in [-0.39, 0.29) is 11.5 Å². The molecule has 1 amide bonds. The Balaban J connectivity index is 1.81. The van der Waals surface area contributed by atoms with Crippen molar-refractivity contribution in [3.8, 4) is 0 Å². The maximum Gasteiger partial charge on any atom is 0.275 e. The van der Waals surface area contributed by atoms with E-state index < -0.39 is 17.5 Å². The number of nitrogens with zero attached hydrogens (tertiary/aromatic N) is 2. The predicted octanol–water partition coefficient (Wildman–Crippen LogP) is 2.80. The summed E-state index contributed by atoms with van der Waals surface area (Å²) in [7, 11) is 0.